The van der Waals surface area contributed by atoms with Crippen LogP contribution in [0.3, 0.4) is 0 Å². The zero-order chi connectivity index (χ0) is 16.6. The normalized spacial score (nSPS) is 16.3. The quantitative estimate of drug-likeness (QED) is 0.919. The van der Waals surface area contributed by atoms with Gasteiger partial charge in [0.05, 0.1) is 18.6 Å². The number of carbonyl (C=O) groups is 1. The van der Waals surface area contributed by atoms with Crippen LogP contribution in [0.4, 0.5) is 0 Å². The summed E-state index contributed by atoms with van der Waals surface area (Å²) in [5.41, 5.74) is 2.15. The predicted molar refractivity (Wildman–Crippen MR) is 94.9 cm³/mol. The summed E-state index contributed by atoms with van der Waals surface area (Å²) in [5, 5.41) is 3.07. The molecule has 5 nitrogen and oxygen atoms in total. The Bertz CT molecular complexity index is 631. The fourth-order valence-electron chi connectivity index (χ4n) is 3.24. The van der Waals surface area contributed by atoms with E-state index in [-0.39, 0.29) is 5.91 Å². The topological polar surface area (TPSA) is 50.2 Å². The molecular formula is C19H26N4O. The van der Waals surface area contributed by atoms with Crippen molar-refractivity contribution >= 4 is 5.91 Å². The van der Waals surface area contributed by atoms with Crippen LogP contribution in [0, 0.1) is 0 Å². The molecular weight excluding hydrogens is 300 g/mol. The van der Waals surface area contributed by atoms with E-state index < -0.39 is 0 Å². The summed E-state index contributed by atoms with van der Waals surface area (Å²) < 4.78 is 1.97. The fourth-order valence-corrected chi connectivity index (χ4v) is 3.24. The predicted octanol–water partition coefficient (Wildman–Crippen LogP) is 2.75. The number of benzene rings is 1. The van der Waals surface area contributed by atoms with Crippen LogP contribution in [0.25, 0.3) is 5.69 Å². The van der Waals surface area contributed by atoms with E-state index >= 15 is 0 Å². The number of para-hydroxylation sites is 1. The lowest BCUT2D eigenvalue weighted by molar-refractivity contribution is -0.122. The number of amides is 1. The summed E-state index contributed by atoms with van der Waals surface area (Å²) in [4.78, 5) is 18.7. The summed E-state index contributed by atoms with van der Waals surface area (Å²) in [6, 6.07) is 8.09. The minimum atomic E-state index is 0.107. The standard InChI is InChI=1S/C19H26N4O/c24-19(15-22-11-6-2-1-3-7-12-22)21-14-17-8-4-5-9-18(17)23-13-10-20-16-23/h4-5,8-10,13,16H,1-3,6-7,11-12,14-15H2,(H,21,24). The molecule has 0 spiro atoms. The lowest BCUT2D eigenvalue weighted by atomic mass is 10.1. The first kappa shape index (κ1) is 16.7. The van der Waals surface area contributed by atoms with Gasteiger partial charge >= 0.3 is 0 Å². The molecule has 1 aromatic carbocycles. The number of carbonyl (C=O) groups excluding carboxylic acids is 1. The second-order valence-corrected chi connectivity index (χ2v) is 6.42. The number of nitrogens with zero attached hydrogens (tertiary/aromatic N) is 3. The van der Waals surface area contributed by atoms with Crippen molar-refractivity contribution in [1.82, 2.24) is 19.8 Å². The van der Waals surface area contributed by atoms with E-state index in [0.717, 1.165) is 24.3 Å². The number of nitrogens with one attached hydrogen (secondary N) is 1. The van der Waals surface area contributed by atoms with Crippen molar-refractivity contribution in [2.75, 3.05) is 19.6 Å². The van der Waals surface area contributed by atoms with E-state index in [2.05, 4.69) is 15.2 Å². The van der Waals surface area contributed by atoms with Crippen LogP contribution in [0.15, 0.2) is 43.0 Å². The second kappa shape index (κ2) is 8.64. The van der Waals surface area contributed by atoms with Gasteiger partial charge < -0.3 is 9.88 Å². The third-order valence-corrected chi connectivity index (χ3v) is 4.57. The Morgan fingerprint density at radius 2 is 1.83 bits per heavy atom. The van der Waals surface area contributed by atoms with Gasteiger partial charge in [-0.2, -0.15) is 0 Å². The molecule has 0 saturated carbocycles. The third kappa shape index (κ3) is 4.68. The smallest absolute Gasteiger partial charge is 0.234 e. The average molecular weight is 326 g/mol. The van der Waals surface area contributed by atoms with Crippen molar-refractivity contribution in [1.29, 1.82) is 0 Å². The maximum Gasteiger partial charge on any atom is 0.234 e. The van der Waals surface area contributed by atoms with Crippen LogP contribution >= 0.6 is 0 Å². The Hall–Kier alpha value is -2.14. The molecule has 0 atom stereocenters. The second-order valence-electron chi connectivity index (χ2n) is 6.42. The van der Waals surface area contributed by atoms with Crippen LogP contribution in [0.2, 0.25) is 0 Å². The summed E-state index contributed by atoms with van der Waals surface area (Å²) in [6.07, 6.45) is 11.8. The van der Waals surface area contributed by atoms with Crippen molar-refractivity contribution < 1.29 is 4.79 Å². The van der Waals surface area contributed by atoms with Crippen molar-refractivity contribution in [3.05, 3.63) is 48.5 Å². The monoisotopic (exact) mass is 326 g/mol. The first-order valence-corrected chi connectivity index (χ1v) is 8.88. The SMILES string of the molecule is O=C(CN1CCCCCCC1)NCc1ccccc1-n1ccnc1. The molecule has 1 aliphatic heterocycles. The summed E-state index contributed by atoms with van der Waals surface area (Å²) in [5.74, 6) is 0.107. The van der Waals surface area contributed by atoms with Gasteiger partial charge in [0.2, 0.25) is 5.91 Å². The van der Waals surface area contributed by atoms with Crippen molar-refractivity contribution in [3.8, 4) is 5.69 Å². The minimum Gasteiger partial charge on any atom is -0.351 e. The van der Waals surface area contributed by atoms with E-state index in [1.807, 2.05) is 35.0 Å². The van der Waals surface area contributed by atoms with Crippen molar-refractivity contribution in [2.24, 2.45) is 0 Å². The maximum atomic E-state index is 12.3. The molecule has 1 aromatic heterocycles. The first-order valence-electron chi connectivity index (χ1n) is 8.88. The van der Waals surface area contributed by atoms with Crippen LogP contribution in [0.1, 0.15) is 37.7 Å². The van der Waals surface area contributed by atoms with Crippen LogP contribution < -0.4 is 5.32 Å². The Balaban J connectivity index is 1.55. The lowest BCUT2D eigenvalue weighted by Gasteiger charge is -2.23. The molecule has 1 saturated heterocycles. The Labute approximate surface area is 143 Å². The Kier molecular flexibility index (Phi) is 6.01. The highest BCUT2D eigenvalue weighted by atomic mass is 16.2. The largest absolute Gasteiger partial charge is 0.351 e. The van der Waals surface area contributed by atoms with E-state index in [9.17, 15) is 4.79 Å². The zero-order valence-corrected chi connectivity index (χ0v) is 14.2. The first-order chi connectivity index (χ1) is 11.8. The number of hydrogen-bond donors (Lipinski definition) is 1. The summed E-state index contributed by atoms with van der Waals surface area (Å²) in [6.45, 7) is 3.13. The lowest BCUT2D eigenvalue weighted by Crippen LogP contribution is -2.38. The van der Waals surface area contributed by atoms with Crippen LogP contribution in [0.5, 0.6) is 0 Å². The Morgan fingerprint density at radius 3 is 2.58 bits per heavy atom. The number of rotatable bonds is 5. The van der Waals surface area contributed by atoms with Gasteiger partial charge in [0, 0.05) is 18.9 Å². The molecule has 0 unspecified atom stereocenters. The summed E-state index contributed by atoms with van der Waals surface area (Å²) in [7, 11) is 0. The number of imidazole rings is 1. The molecule has 1 N–H and O–H groups in total. The molecule has 128 valence electrons. The molecule has 2 heterocycles. The third-order valence-electron chi connectivity index (χ3n) is 4.57. The zero-order valence-electron chi connectivity index (χ0n) is 14.2. The molecule has 5 heteroatoms. The highest BCUT2D eigenvalue weighted by Crippen LogP contribution is 2.14. The van der Waals surface area contributed by atoms with E-state index in [4.69, 9.17) is 0 Å². The van der Waals surface area contributed by atoms with Crippen molar-refractivity contribution in [2.45, 2.75) is 38.6 Å². The van der Waals surface area contributed by atoms with Crippen molar-refractivity contribution in [3.63, 3.8) is 0 Å². The van der Waals surface area contributed by atoms with Gasteiger partial charge in [-0.1, -0.05) is 37.5 Å². The van der Waals surface area contributed by atoms with Gasteiger partial charge in [0.1, 0.15) is 0 Å². The van der Waals surface area contributed by atoms with Gasteiger partial charge in [-0.25, -0.2) is 4.98 Å². The molecule has 1 amide bonds. The molecule has 1 fully saturated rings. The van der Waals surface area contributed by atoms with Gasteiger partial charge in [0.15, 0.2) is 0 Å². The Morgan fingerprint density at radius 1 is 1.08 bits per heavy atom. The van der Waals surface area contributed by atoms with E-state index in [1.54, 1.807) is 12.5 Å². The van der Waals surface area contributed by atoms with Gasteiger partial charge in [-0.15, -0.1) is 0 Å². The van der Waals surface area contributed by atoms with Gasteiger partial charge in [0.25, 0.3) is 0 Å². The number of likely N-dealkylation sites (tertiary alicyclic amines) is 1. The highest BCUT2D eigenvalue weighted by molar-refractivity contribution is 5.78. The fraction of sp³-hybridized carbons (Fsp3) is 0.474. The molecule has 3 rings (SSSR count). The molecule has 24 heavy (non-hydrogen) atoms. The summed E-state index contributed by atoms with van der Waals surface area (Å²) >= 11 is 0. The van der Waals surface area contributed by atoms with E-state index in [0.29, 0.717) is 13.1 Å². The average Bonchev–Trinajstić information content (AvgIpc) is 3.10. The maximum absolute atomic E-state index is 12.3. The number of aromatic nitrogens is 2. The molecule has 0 aliphatic carbocycles. The number of hydrogen-bond acceptors (Lipinski definition) is 3. The van der Waals surface area contributed by atoms with E-state index in [1.165, 1.54) is 32.1 Å². The van der Waals surface area contributed by atoms with Gasteiger partial charge in [-0.3, -0.25) is 9.69 Å². The minimum absolute atomic E-state index is 0.107. The highest BCUT2D eigenvalue weighted by Gasteiger charge is 2.12. The van der Waals surface area contributed by atoms with Crippen LogP contribution in [-0.2, 0) is 11.3 Å². The molecule has 0 bridgehead atoms. The van der Waals surface area contributed by atoms with Crippen LogP contribution in [-0.4, -0.2) is 40.0 Å². The van der Waals surface area contributed by atoms with Gasteiger partial charge in [-0.05, 0) is 37.6 Å². The molecule has 2 aromatic rings. The molecule has 0 radical (unpaired) electrons. The molecule has 1 aliphatic rings.